The molecular weight excluding hydrogens is 326 g/mol. The van der Waals surface area contributed by atoms with Crippen LogP contribution in [0.2, 0.25) is 0 Å². The fraction of sp³-hybridized carbons (Fsp3) is 0.176. The maximum Gasteiger partial charge on any atom is 0.349 e. The fourth-order valence-corrected chi connectivity index (χ4v) is 2.34. The minimum absolute atomic E-state index is 0.0999. The van der Waals surface area contributed by atoms with E-state index in [0.717, 1.165) is 0 Å². The number of carbonyl (C=O) groups is 2. The molecule has 2 heterocycles. The average molecular weight is 341 g/mol. The number of amides is 1. The number of rotatable bonds is 4. The number of para-hydroxylation sites is 1. The van der Waals surface area contributed by atoms with Gasteiger partial charge in [0.1, 0.15) is 22.5 Å². The summed E-state index contributed by atoms with van der Waals surface area (Å²) in [5.74, 6) is -1.18. The van der Waals surface area contributed by atoms with Crippen LogP contribution in [0.1, 0.15) is 27.6 Å². The molecule has 1 aromatic carbocycles. The zero-order valence-electron chi connectivity index (χ0n) is 13.6. The van der Waals surface area contributed by atoms with Crippen molar-refractivity contribution in [2.24, 2.45) is 7.05 Å². The van der Waals surface area contributed by atoms with E-state index >= 15 is 0 Å². The SMILES string of the molecule is CCOC(=O)c1cnn(C)c1NC(=O)c1cc2ccccc2oc1=O. The van der Waals surface area contributed by atoms with Crippen LogP contribution in [0.4, 0.5) is 5.82 Å². The Kier molecular flexibility index (Phi) is 4.34. The van der Waals surface area contributed by atoms with E-state index in [1.807, 2.05) is 0 Å². The number of hydrogen-bond acceptors (Lipinski definition) is 6. The maximum absolute atomic E-state index is 12.5. The van der Waals surface area contributed by atoms with Gasteiger partial charge in [-0.05, 0) is 19.1 Å². The Morgan fingerprint density at radius 2 is 2.04 bits per heavy atom. The van der Waals surface area contributed by atoms with Crippen molar-refractivity contribution in [2.45, 2.75) is 6.92 Å². The third-order valence-electron chi connectivity index (χ3n) is 3.55. The number of esters is 1. The molecule has 25 heavy (non-hydrogen) atoms. The molecule has 1 amide bonds. The van der Waals surface area contributed by atoms with Crippen LogP contribution in [-0.4, -0.2) is 28.3 Å². The molecular formula is C17H15N3O5. The van der Waals surface area contributed by atoms with Crippen LogP contribution >= 0.6 is 0 Å². The molecule has 8 heteroatoms. The predicted octanol–water partition coefficient (Wildman–Crippen LogP) is 1.96. The number of hydrogen-bond donors (Lipinski definition) is 1. The first kappa shape index (κ1) is 16.4. The Labute approximate surface area is 142 Å². The topological polar surface area (TPSA) is 103 Å². The summed E-state index contributed by atoms with van der Waals surface area (Å²) in [4.78, 5) is 36.5. The van der Waals surface area contributed by atoms with Crippen molar-refractivity contribution in [3.05, 3.63) is 58.1 Å². The third-order valence-corrected chi connectivity index (χ3v) is 3.55. The van der Waals surface area contributed by atoms with Crippen molar-refractivity contribution < 1.29 is 18.7 Å². The summed E-state index contributed by atoms with van der Waals surface area (Å²) in [5, 5.41) is 7.07. The first-order valence-electron chi connectivity index (χ1n) is 7.54. The molecule has 8 nitrogen and oxygen atoms in total. The molecule has 0 spiro atoms. The Morgan fingerprint density at radius 1 is 1.28 bits per heavy atom. The van der Waals surface area contributed by atoms with Crippen molar-refractivity contribution in [3.8, 4) is 0 Å². The van der Waals surface area contributed by atoms with E-state index in [4.69, 9.17) is 9.15 Å². The molecule has 0 atom stereocenters. The monoisotopic (exact) mass is 341 g/mol. The van der Waals surface area contributed by atoms with Gasteiger partial charge in [-0.25, -0.2) is 9.59 Å². The number of anilines is 1. The van der Waals surface area contributed by atoms with Crippen molar-refractivity contribution >= 4 is 28.7 Å². The Balaban J connectivity index is 1.96. The zero-order chi connectivity index (χ0) is 18.0. The number of aryl methyl sites for hydroxylation is 1. The highest BCUT2D eigenvalue weighted by Crippen LogP contribution is 2.17. The number of nitrogens with one attached hydrogen (secondary N) is 1. The fourth-order valence-electron chi connectivity index (χ4n) is 2.34. The minimum Gasteiger partial charge on any atom is -0.462 e. The Hall–Kier alpha value is -3.42. The van der Waals surface area contributed by atoms with E-state index in [0.29, 0.717) is 11.0 Å². The lowest BCUT2D eigenvalue weighted by atomic mass is 10.2. The van der Waals surface area contributed by atoms with Crippen molar-refractivity contribution in [2.75, 3.05) is 11.9 Å². The van der Waals surface area contributed by atoms with E-state index in [-0.39, 0.29) is 23.6 Å². The molecule has 0 aliphatic heterocycles. The highest BCUT2D eigenvalue weighted by molar-refractivity contribution is 6.08. The van der Waals surface area contributed by atoms with Crippen LogP contribution in [0, 0.1) is 0 Å². The summed E-state index contributed by atoms with van der Waals surface area (Å²) in [6.07, 6.45) is 1.29. The normalized spacial score (nSPS) is 10.6. The van der Waals surface area contributed by atoms with Crippen LogP contribution in [0.25, 0.3) is 11.0 Å². The van der Waals surface area contributed by atoms with E-state index in [1.54, 1.807) is 38.2 Å². The van der Waals surface area contributed by atoms with E-state index in [2.05, 4.69) is 10.4 Å². The summed E-state index contributed by atoms with van der Waals surface area (Å²) in [7, 11) is 1.56. The van der Waals surface area contributed by atoms with Crippen LogP contribution in [0.15, 0.2) is 45.7 Å². The van der Waals surface area contributed by atoms with Crippen molar-refractivity contribution in [3.63, 3.8) is 0 Å². The molecule has 0 bridgehead atoms. The lowest BCUT2D eigenvalue weighted by Gasteiger charge is -2.08. The molecule has 0 radical (unpaired) electrons. The summed E-state index contributed by atoms with van der Waals surface area (Å²) in [5.41, 5.74) is -0.453. The smallest absolute Gasteiger partial charge is 0.349 e. The molecule has 0 fully saturated rings. The van der Waals surface area contributed by atoms with E-state index in [1.165, 1.54) is 16.9 Å². The lowest BCUT2D eigenvalue weighted by molar-refractivity contribution is 0.0527. The predicted molar refractivity (Wildman–Crippen MR) is 89.6 cm³/mol. The summed E-state index contributed by atoms with van der Waals surface area (Å²) in [6.45, 7) is 1.86. The second-order valence-corrected chi connectivity index (χ2v) is 5.19. The molecule has 0 aliphatic rings. The Bertz CT molecular complexity index is 1020. The number of nitrogens with zero attached hydrogens (tertiary/aromatic N) is 2. The molecule has 3 aromatic rings. The molecule has 128 valence electrons. The second kappa shape index (κ2) is 6.60. The maximum atomic E-state index is 12.5. The van der Waals surface area contributed by atoms with Gasteiger partial charge in [-0.2, -0.15) is 5.10 Å². The zero-order valence-corrected chi connectivity index (χ0v) is 13.6. The molecule has 0 saturated carbocycles. The van der Waals surface area contributed by atoms with Crippen LogP contribution in [-0.2, 0) is 11.8 Å². The largest absolute Gasteiger partial charge is 0.462 e. The second-order valence-electron chi connectivity index (χ2n) is 5.19. The number of fused-ring (bicyclic) bond motifs is 1. The van der Waals surface area contributed by atoms with Gasteiger partial charge in [-0.3, -0.25) is 9.48 Å². The number of benzene rings is 1. The summed E-state index contributed by atoms with van der Waals surface area (Å²) in [6, 6.07) is 8.30. The highest BCUT2D eigenvalue weighted by atomic mass is 16.5. The summed E-state index contributed by atoms with van der Waals surface area (Å²) < 4.78 is 11.4. The first-order valence-corrected chi connectivity index (χ1v) is 7.54. The van der Waals surface area contributed by atoms with Gasteiger partial charge in [-0.15, -0.1) is 0 Å². The summed E-state index contributed by atoms with van der Waals surface area (Å²) >= 11 is 0. The van der Waals surface area contributed by atoms with Crippen molar-refractivity contribution in [1.29, 1.82) is 0 Å². The van der Waals surface area contributed by atoms with Gasteiger partial charge < -0.3 is 14.5 Å². The molecule has 1 N–H and O–H groups in total. The quantitative estimate of drug-likeness (QED) is 0.575. The Morgan fingerprint density at radius 3 is 2.80 bits per heavy atom. The van der Waals surface area contributed by atoms with Gasteiger partial charge in [0.05, 0.1) is 12.8 Å². The molecule has 0 unspecified atom stereocenters. The number of ether oxygens (including phenoxy) is 1. The van der Waals surface area contributed by atoms with Gasteiger partial charge in [0.15, 0.2) is 0 Å². The van der Waals surface area contributed by atoms with E-state index in [9.17, 15) is 14.4 Å². The van der Waals surface area contributed by atoms with Gasteiger partial charge in [0, 0.05) is 12.4 Å². The molecule has 2 aromatic heterocycles. The van der Waals surface area contributed by atoms with Gasteiger partial charge in [0.2, 0.25) is 0 Å². The van der Waals surface area contributed by atoms with Crippen molar-refractivity contribution in [1.82, 2.24) is 9.78 Å². The van der Waals surface area contributed by atoms with Gasteiger partial charge in [0.25, 0.3) is 5.91 Å². The molecule has 3 rings (SSSR count). The number of carbonyl (C=O) groups excluding carboxylic acids is 2. The highest BCUT2D eigenvalue weighted by Gasteiger charge is 2.21. The van der Waals surface area contributed by atoms with Crippen LogP contribution in [0.5, 0.6) is 0 Å². The first-order chi connectivity index (χ1) is 12.0. The molecule has 0 saturated heterocycles. The average Bonchev–Trinajstić information content (AvgIpc) is 2.95. The van der Waals surface area contributed by atoms with E-state index < -0.39 is 17.5 Å². The standard InChI is InChI=1S/C17H15N3O5/c1-3-24-16(22)12-9-18-20(2)14(12)19-15(21)11-8-10-6-4-5-7-13(10)25-17(11)23/h4-9H,3H2,1-2H3,(H,19,21). The third kappa shape index (κ3) is 3.14. The lowest BCUT2D eigenvalue weighted by Crippen LogP contribution is -2.23. The van der Waals surface area contributed by atoms with Crippen LogP contribution < -0.4 is 10.9 Å². The molecule has 0 aliphatic carbocycles. The minimum atomic E-state index is -0.768. The van der Waals surface area contributed by atoms with Gasteiger partial charge in [-0.1, -0.05) is 18.2 Å². The number of aromatic nitrogens is 2. The van der Waals surface area contributed by atoms with Gasteiger partial charge >= 0.3 is 11.6 Å². The van der Waals surface area contributed by atoms with Crippen LogP contribution in [0.3, 0.4) is 0 Å².